The lowest BCUT2D eigenvalue weighted by molar-refractivity contribution is -0.119. The fourth-order valence-electron chi connectivity index (χ4n) is 3.43. The SMILES string of the molecule is COc1cc(CN2C[C@H](C3CC3)[C@@H](N)C2)ccc1OCC(N)=O.Cl.Cl. The number of nitrogens with two attached hydrogens (primary N) is 2. The van der Waals surface area contributed by atoms with Gasteiger partial charge in [-0.15, -0.1) is 24.8 Å². The molecule has 2 fully saturated rings. The summed E-state index contributed by atoms with van der Waals surface area (Å²) in [5.74, 6) is 2.13. The Morgan fingerprint density at radius 3 is 2.56 bits per heavy atom. The van der Waals surface area contributed by atoms with Crippen molar-refractivity contribution in [3.63, 3.8) is 0 Å². The number of benzene rings is 1. The number of methoxy groups -OCH3 is 1. The molecular weight excluding hydrogens is 365 g/mol. The number of carbonyl (C=O) groups excluding carboxylic acids is 1. The van der Waals surface area contributed by atoms with Gasteiger partial charge in [-0.2, -0.15) is 0 Å². The van der Waals surface area contributed by atoms with Crippen LogP contribution in [-0.4, -0.2) is 43.7 Å². The predicted octanol–water partition coefficient (Wildman–Crippen LogP) is 1.57. The quantitative estimate of drug-likeness (QED) is 0.735. The van der Waals surface area contributed by atoms with Gasteiger partial charge in [-0.05, 0) is 42.4 Å². The molecular formula is C17H27Cl2N3O3. The molecule has 0 bridgehead atoms. The second kappa shape index (κ2) is 9.48. The Morgan fingerprint density at radius 1 is 1.24 bits per heavy atom. The van der Waals surface area contributed by atoms with Crippen molar-refractivity contribution >= 4 is 30.7 Å². The van der Waals surface area contributed by atoms with Crippen LogP contribution in [0.5, 0.6) is 11.5 Å². The van der Waals surface area contributed by atoms with Gasteiger partial charge in [0.1, 0.15) is 0 Å². The van der Waals surface area contributed by atoms with Gasteiger partial charge in [-0.1, -0.05) is 6.07 Å². The van der Waals surface area contributed by atoms with Crippen LogP contribution in [0.1, 0.15) is 18.4 Å². The lowest BCUT2D eigenvalue weighted by atomic mass is 9.99. The van der Waals surface area contributed by atoms with E-state index in [1.165, 1.54) is 12.8 Å². The summed E-state index contributed by atoms with van der Waals surface area (Å²) in [4.78, 5) is 13.2. The highest BCUT2D eigenvalue weighted by molar-refractivity contribution is 5.85. The molecule has 4 N–H and O–H groups in total. The van der Waals surface area contributed by atoms with E-state index in [-0.39, 0.29) is 31.4 Å². The standard InChI is InChI=1S/C17H25N3O3.2ClH/c1-22-16-6-11(2-5-15(16)23-10-17(19)21)7-20-8-13(12-3-4-12)14(18)9-20;;/h2,5-6,12-14H,3-4,7-10,18H2,1H3,(H2,19,21);2*1H/t13-,14+;;/m1../s1. The van der Waals surface area contributed by atoms with Crippen molar-refractivity contribution in [1.82, 2.24) is 4.90 Å². The lowest BCUT2D eigenvalue weighted by Gasteiger charge is -2.17. The van der Waals surface area contributed by atoms with E-state index in [9.17, 15) is 4.79 Å². The summed E-state index contributed by atoms with van der Waals surface area (Å²) < 4.78 is 10.7. The average molecular weight is 392 g/mol. The highest BCUT2D eigenvalue weighted by Crippen LogP contribution is 2.41. The van der Waals surface area contributed by atoms with Gasteiger partial charge in [0.15, 0.2) is 18.1 Å². The first-order valence-electron chi connectivity index (χ1n) is 8.12. The number of rotatable bonds is 7. The van der Waals surface area contributed by atoms with Gasteiger partial charge >= 0.3 is 0 Å². The van der Waals surface area contributed by atoms with Crippen molar-refractivity contribution in [2.75, 3.05) is 26.8 Å². The third kappa shape index (κ3) is 5.64. The average Bonchev–Trinajstić information content (AvgIpc) is 3.29. The minimum Gasteiger partial charge on any atom is -0.493 e. The van der Waals surface area contributed by atoms with Gasteiger partial charge in [0.05, 0.1) is 7.11 Å². The van der Waals surface area contributed by atoms with Crippen LogP contribution >= 0.6 is 24.8 Å². The highest BCUT2D eigenvalue weighted by atomic mass is 35.5. The van der Waals surface area contributed by atoms with Crippen molar-refractivity contribution < 1.29 is 14.3 Å². The Hall–Kier alpha value is -1.21. The molecule has 0 radical (unpaired) electrons. The van der Waals surface area contributed by atoms with E-state index in [0.29, 0.717) is 23.5 Å². The first-order chi connectivity index (χ1) is 11.1. The summed E-state index contributed by atoms with van der Waals surface area (Å²) in [5, 5.41) is 0. The molecule has 25 heavy (non-hydrogen) atoms. The molecule has 1 aromatic carbocycles. The molecule has 142 valence electrons. The Morgan fingerprint density at radius 2 is 1.96 bits per heavy atom. The molecule has 0 spiro atoms. The summed E-state index contributed by atoms with van der Waals surface area (Å²) in [6.45, 7) is 2.72. The summed E-state index contributed by atoms with van der Waals surface area (Å²) in [5.41, 5.74) is 12.5. The molecule has 1 aliphatic heterocycles. The summed E-state index contributed by atoms with van der Waals surface area (Å²) in [6.07, 6.45) is 2.68. The van der Waals surface area contributed by atoms with Crippen LogP contribution in [0.15, 0.2) is 18.2 Å². The van der Waals surface area contributed by atoms with E-state index in [0.717, 1.165) is 31.1 Å². The smallest absolute Gasteiger partial charge is 0.255 e. The number of halogens is 2. The number of ether oxygens (including phenoxy) is 2. The number of carbonyl (C=O) groups is 1. The van der Waals surface area contributed by atoms with E-state index in [1.54, 1.807) is 7.11 Å². The van der Waals surface area contributed by atoms with E-state index in [2.05, 4.69) is 4.90 Å². The Labute approximate surface area is 161 Å². The maximum Gasteiger partial charge on any atom is 0.255 e. The summed E-state index contributed by atoms with van der Waals surface area (Å²) in [6, 6.07) is 6.06. The van der Waals surface area contributed by atoms with Gasteiger partial charge < -0.3 is 20.9 Å². The molecule has 1 saturated heterocycles. The van der Waals surface area contributed by atoms with Crippen molar-refractivity contribution in [3.05, 3.63) is 23.8 Å². The maximum atomic E-state index is 10.8. The van der Waals surface area contributed by atoms with E-state index in [4.69, 9.17) is 20.9 Å². The van der Waals surface area contributed by atoms with Crippen LogP contribution in [0.3, 0.4) is 0 Å². The number of primary amides is 1. The van der Waals surface area contributed by atoms with Crippen LogP contribution in [0.2, 0.25) is 0 Å². The van der Waals surface area contributed by atoms with E-state index in [1.807, 2.05) is 18.2 Å². The summed E-state index contributed by atoms with van der Waals surface area (Å²) in [7, 11) is 1.59. The molecule has 1 saturated carbocycles. The largest absolute Gasteiger partial charge is 0.493 e. The van der Waals surface area contributed by atoms with Gasteiger partial charge in [-0.3, -0.25) is 9.69 Å². The number of nitrogens with zero attached hydrogens (tertiary/aromatic N) is 1. The Balaban J connectivity index is 0.00000156. The minimum absolute atomic E-state index is 0. The van der Waals surface area contributed by atoms with Gasteiger partial charge in [0, 0.05) is 25.7 Å². The fraction of sp³-hybridized carbons (Fsp3) is 0.588. The van der Waals surface area contributed by atoms with E-state index >= 15 is 0 Å². The van der Waals surface area contributed by atoms with Gasteiger partial charge in [-0.25, -0.2) is 0 Å². The zero-order valence-corrected chi connectivity index (χ0v) is 16.0. The fourth-order valence-corrected chi connectivity index (χ4v) is 3.43. The normalized spacial score (nSPS) is 22.6. The second-order valence-electron chi connectivity index (χ2n) is 6.60. The molecule has 0 unspecified atom stereocenters. The zero-order chi connectivity index (χ0) is 16.4. The number of amides is 1. The van der Waals surface area contributed by atoms with Crippen LogP contribution in [0.4, 0.5) is 0 Å². The van der Waals surface area contributed by atoms with Crippen molar-refractivity contribution in [2.45, 2.75) is 25.4 Å². The summed E-state index contributed by atoms with van der Waals surface area (Å²) >= 11 is 0. The van der Waals surface area contributed by atoms with Crippen LogP contribution < -0.4 is 20.9 Å². The minimum atomic E-state index is -0.506. The first kappa shape index (κ1) is 21.8. The number of hydrogen-bond acceptors (Lipinski definition) is 5. The molecule has 1 amide bonds. The molecule has 1 aliphatic carbocycles. The van der Waals surface area contributed by atoms with Crippen LogP contribution in [0, 0.1) is 11.8 Å². The van der Waals surface area contributed by atoms with Crippen LogP contribution in [0.25, 0.3) is 0 Å². The lowest BCUT2D eigenvalue weighted by Crippen LogP contribution is -2.30. The molecule has 6 nitrogen and oxygen atoms in total. The van der Waals surface area contributed by atoms with Crippen LogP contribution in [-0.2, 0) is 11.3 Å². The molecule has 3 rings (SSSR count). The zero-order valence-electron chi connectivity index (χ0n) is 14.3. The molecule has 1 aromatic rings. The Kier molecular flexibility index (Phi) is 8.28. The van der Waals surface area contributed by atoms with Gasteiger partial charge in [0.25, 0.3) is 5.91 Å². The molecule has 0 aromatic heterocycles. The van der Waals surface area contributed by atoms with Crippen molar-refractivity contribution in [3.8, 4) is 11.5 Å². The topological polar surface area (TPSA) is 90.8 Å². The monoisotopic (exact) mass is 391 g/mol. The maximum absolute atomic E-state index is 10.8. The molecule has 2 aliphatic rings. The predicted molar refractivity (Wildman–Crippen MR) is 102 cm³/mol. The van der Waals surface area contributed by atoms with Gasteiger partial charge in [0.2, 0.25) is 0 Å². The third-order valence-corrected chi connectivity index (χ3v) is 4.72. The first-order valence-corrected chi connectivity index (χ1v) is 8.12. The molecule has 8 heteroatoms. The van der Waals surface area contributed by atoms with Crippen molar-refractivity contribution in [1.29, 1.82) is 0 Å². The third-order valence-electron chi connectivity index (χ3n) is 4.72. The highest BCUT2D eigenvalue weighted by Gasteiger charge is 2.40. The number of hydrogen-bond donors (Lipinski definition) is 2. The molecule has 1 heterocycles. The molecule has 2 atom stereocenters. The van der Waals surface area contributed by atoms with E-state index < -0.39 is 5.91 Å². The van der Waals surface area contributed by atoms with Crippen molar-refractivity contribution in [2.24, 2.45) is 23.3 Å². The number of likely N-dealkylation sites (tertiary alicyclic amines) is 1. The Bertz CT molecular complexity index is 584. The second-order valence-corrected chi connectivity index (χ2v) is 6.60.